The molecule has 1 heterocycles. The summed E-state index contributed by atoms with van der Waals surface area (Å²) in [7, 11) is 4.06. The summed E-state index contributed by atoms with van der Waals surface area (Å²) < 4.78 is 5.70. The van der Waals surface area contributed by atoms with Crippen molar-refractivity contribution in [2.45, 2.75) is 19.3 Å². The van der Waals surface area contributed by atoms with Gasteiger partial charge in [-0.25, -0.2) is 0 Å². The first-order valence-corrected chi connectivity index (χ1v) is 7.46. The summed E-state index contributed by atoms with van der Waals surface area (Å²) in [5.74, 6) is 0.634. The quantitative estimate of drug-likeness (QED) is 0.864. The fraction of sp³-hybridized carbons (Fsp3) is 0.412. The smallest absolute Gasteiger partial charge is 0.233 e. The molecule has 1 aliphatic rings. The van der Waals surface area contributed by atoms with Crippen molar-refractivity contribution in [1.82, 2.24) is 15.1 Å². The molecule has 0 fully saturated rings. The highest BCUT2D eigenvalue weighted by molar-refractivity contribution is 5.67. The van der Waals surface area contributed by atoms with Gasteiger partial charge < -0.3 is 9.64 Å². The highest BCUT2D eigenvalue weighted by Crippen LogP contribution is 2.31. The summed E-state index contributed by atoms with van der Waals surface area (Å²) in [6.07, 6.45) is 3.28. The summed E-state index contributed by atoms with van der Waals surface area (Å²) in [5.41, 5.74) is 4.85. The van der Waals surface area contributed by atoms with Gasteiger partial charge in [-0.15, -0.1) is 10.2 Å². The van der Waals surface area contributed by atoms with Crippen molar-refractivity contribution in [1.29, 1.82) is 0 Å². The summed E-state index contributed by atoms with van der Waals surface area (Å²) in [5, 5.41) is 8.67. The number of ether oxygens (including phenoxy) is 1. The molecule has 21 heavy (non-hydrogen) atoms. The Kier molecular flexibility index (Phi) is 4.15. The highest BCUT2D eigenvalue weighted by Gasteiger charge is 2.16. The number of fused-ring (bicyclic) bond motifs is 3. The molecule has 1 aliphatic carbocycles. The third-order valence-electron chi connectivity index (χ3n) is 3.80. The average Bonchev–Trinajstić information content (AvgIpc) is 2.66. The number of aromatic nitrogens is 2. The normalized spacial score (nSPS) is 13.5. The van der Waals surface area contributed by atoms with Gasteiger partial charge in [-0.1, -0.05) is 24.3 Å². The second-order valence-corrected chi connectivity index (χ2v) is 5.72. The molecule has 0 saturated carbocycles. The fourth-order valence-corrected chi connectivity index (χ4v) is 2.67. The van der Waals surface area contributed by atoms with Crippen LogP contribution >= 0.6 is 0 Å². The first-order chi connectivity index (χ1) is 10.2. The second-order valence-electron chi connectivity index (χ2n) is 5.72. The van der Waals surface area contributed by atoms with Crippen LogP contribution in [0.3, 0.4) is 0 Å². The van der Waals surface area contributed by atoms with Gasteiger partial charge in [0.1, 0.15) is 6.61 Å². The summed E-state index contributed by atoms with van der Waals surface area (Å²) in [6, 6.07) is 10.5. The Morgan fingerprint density at radius 2 is 1.90 bits per heavy atom. The van der Waals surface area contributed by atoms with E-state index >= 15 is 0 Å². The molecule has 0 saturated heterocycles. The van der Waals surface area contributed by atoms with E-state index in [-0.39, 0.29) is 0 Å². The van der Waals surface area contributed by atoms with Crippen LogP contribution in [0.2, 0.25) is 0 Å². The van der Waals surface area contributed by atoms with Crippen LogP contribution in [0.15, 0.2) is 30.3 Å². The largest absolute Gasteiger partial charge is 0.475 e. The van der Waals surface area contributed by atoms with Crippen molar-refractivity contribution in [3.63, 3.8) is 0 Å². The van der Waals surface area contributed by atoms with Crippen molar-refractivity contribution in [2.75, 3.05) is 27.2 Å². The van der Waals surface area contributed by atoms with Gasteiger partial charge in [-0.2, -0.15) is 0 Å². The van der Waals surface area contributed by atoms with Crippen LogP contribution in [0.1, 0.15) is 17.5 Å². The molecule has 0 atom stereocenters. The molecular weight excluding hydrogens is 262 g/mol. The van der Waals surface area contributed by atoms with Crippen LogP contribution in [0.4, 0.5) is 0 Å². The zero-order chi connectivity index (χ0) is 14.7. The van der Waals surface area contributed by atoms with Crippen molar-refractivity contribution in [3.05, 3.63) is 41.5 Å². The van der Waals surface area contributed by atoms with Crippen LogP contribution in [0.25, 0.3) is 11.3 Å². The van der Waals surface area contributed by atoms with Gasteiger partial charge in [0.2, 0.25) is 5.88 Å². The molecule has 0 bridgehead atoms. The molecule has 3 rings (SSSR count). The predicted molar refractivity (Wildman–Crippen MR) is 83.5 cm³/mol. The lowest BCUT2D eigenvalue weighted by Gasteiger charge is -2.12. The van der Waals surface area contributed by atoms with Gasteiger partial charge in [0.25, 0.3) is 0 Å². The maximum atomic E-state index is 5.70. The van der Waals surface area contributed by atoms with Crippen molar-refractivity contribution >= 4 is 0 Å². The third-order valence-corrected chi connectivity index (χ3v) is 3.80. The second kappa shape index (κ2) is 6.22. The predicted octanol–water partition coefficient (Wildman–Crippen LogP) is 2.57. The first-order valence-electron chi connectivity index (χ1n) is 7.46. The molecule has 4 nitrogen and oxygen atoms in total. The molecule has 1 aromatic carbocycles. The van der Waals surface area contributed by atoms with Gasteiger partial charge in [0.05, 0.1) is 5.69 Å². The van der Waals surface area contributed by atoms with Gasteiger partial charge in [-0.05, 0) is 44.5 Å². The Balaban J connectivity index is 1.85. The number of benzene rings is 1. The molecule has 110 valence electrons. The Hall–Kier alpha value is -1.94. The van der Waals surface area contributed by atoms with Gasteiger partial charge in [0.15, 0.2) is 0 Å². The van der Waals surface area contributed by atoms with E-state index in [0.29, 0.717) is 12.5 Å². The number of aryl methyl sites for hydroxylation is 2. The van der Waals surface area contributed by atoms with Crippen LogP contribution < -0.4 is 4.74 Å². The standard InChI is InChI=1S/C17H21N3O/c1-20(2)10-11-21-16-12-14-8-5-7-13-6-3-4-9-15(13)17(14)19-18-16/h3-4,6,9,12H,5,7-8,10-11H2,1-2H3. The van der Waals surface area contributed by atoms with Crippen molar-refractivity contribution in [2.24, 2.45) is 0 Å². The lowest BCUT2D eigenvalue weighted by atomic mass is 10.0. The monoisotopic (exact) mass is 283 g/mol. The summed E-state index contributed by atoms with van der Waals surface area (Å²) >= 11 is 0. The summed E-state index contributed by atoms with van der Waals surface area (Å²) in [4.78, 5) is 2.09. The lowest BCUT2D eigenvalue weighted by molar-refractivity contribution is 0.251. The van der Waals surface area contributed by atoms with E-state index in [1.165, 1.54) is 16.7 Å². The molecule has 1 aromatic heterocycles. The van der Waals surface area contributed by atoms with Crippen LogP contribution in [0.5, 0.6) is 5.88 Å². The van der Waals surface area contributed by atoms with E-state index in [9.17, 15) is 0 Å². The lowest BCUT2D eigenvalue weighted by Crippen LogP contribution is -2.19. The van der Waals surface area contributed by atoms with Crippen LogP contribution in [-0.2, 0) is 12.8 Å². The average molecular weight is 283 g/mol. The van der Waals surface area contributed by atoms with E-state index < -0.39 is 0 Å². The third kappa shape index (κ3) is 3.22. The van der Waals surface area contributed by atoms with E-state index in [4.69, 9.17) is 4.74 Å². The number of hydrogen-bond donors (Lipinski definition) is 0. The molecule has 4 heteroatoms. The van der Waals surface area contributed by atoms with Gasteiger partial charge >= 0.3 is 0 Å². The highest BCUT2D eigenvalue weighted by atomic mass is 16.5. The Morgan fingerprint density at radius 1 is 1.10 bits per heavy atom. The topological polar surface area (TPSA) is 38.2 Å². The molecule has 0 radical (unpaired) electrons. The van der Waals surface area contributed by atoms with Crippen LogP contribution in [-0.4, -0.2) is 42.3 Å². The molecule has 2 aromatic rings. The number of nitrogens with zero attached hydrogens (tertiary/aromatic N) is 3. The number of likely N-dealkylation sites (N-methyl/N-ethyl adjacent to an activating group) is 1. The molecule has 0 aliphatic heterocycles. The SMILES string of the molecule is CN(C)CCOc1cc2c(nn1)-c1ccccc1CCC2. The first kappa shape index (κ1) is 14.0. The Morgan fingerprint density at radius 3 is 2.76 bits per heavy atom. The minimum absolute atomic E-state index is 0.634. The molecule has 0 amide bonds. The maximum Gasteiger partial charge on any atom is 0.233 e. The van der Waals surface area contributed by atoms with E-state index in [0.717, 1.165) is 31.5 Å². The van der Waals surface area contributed by atoms with E-state index in [1.807, 2.05) is 14.1 Å². The minimum Gasteiger partial charge on any atom is -0.475 e. The molecular formula is C17H21N3O. The zero-order valence-corrected chi connectivity index (χ0v) is 12.7. The number of hydrogen-bond acceptors (Lipinski definition) is 4. The van der Waals surface area contributed by atoms with E-state index in [2.05, 4.69) is 45.4 Å². The fourth-order valence-electron chi connectivity index (χ4n) is 2.67. The maximum absolute atomic E-state index is 5.70. The summed E-state index contributed by atoms with van der Waals surface area (Å²) in [6.45, 7) is 1.51. The Bertz CT molecular complexity index is 625. The van der Waals surface area contributed by atoms with E-state index in [1.54, 1.807) is 0 Å². The number of rotatable bonds is 4. The van der Waals surface area contributed by atoms with Crippen molar-refractivity contribution < 1.29 is 4.74 Å². The minimum atomic E-state index is 0.634. The zero-order valence-electron chi connectivity index (χ0n) is 12.7. The molecule has 0 spiro atoms. The van der Waals surface area contributed by atoms with Gasteiger partial charge in [0, 0.05) is 18.2 Å². The molecule has 0 unspecified atom stereocenters. The molecule has 0 N–H and O–H groups in total. The van der Waals surface area contributed by atoms with Gasteiger partial charge in [-0.3, -0.25) is 0 Å². The Labute approximate surface area is 125 Å². The van der Waals surface area contributed by atoms with Crippen molar-refractivity contribution in [3.8, 4) is 17.1 Å². The van der Waals surface area contributed by atoms with Crippen LogP contribution in [0, 0.1) is 0 Å².